The second-order valence-electron chi connectivity index (χ2n) is 9.50. The Labute approximate surface area is 213 Å². The summed E-state index contributed by atoms with van der Waals surface area (Å²) >= 11 is 0. The van der Waals surface area contributed by atoms with E-state index in [0.717, 1.165) is 55.0 Å². The highest BCUT2D eigenvalue weighted by Gasteiger charge is 2.26. The number of ether oxygens (including phenoxy) is 1. The zero-order valence-corrected chi connectivity index (χ0v) is 20.4. The van der Waals surface area contributed by atoms with Crippen LogP contribution < -0.4 is 10.2 Å². The van der Waals surface area contributed by atoms with Gasteiger partial charge < -0.3 is 25.0 Å². The molecule has 5 heterocycles. The van der Waals surface area contributed by atoms with Crippen LogP contribution in [0.1, 0.15) is 12.0 Å². The predicted molar refractivity (Wildman–Crippen MR) is 137 cm³/mol. The molecule has 2 fully saturated rings. The number of hydrogen-bond acceptors (Lipinski definition) is 8. The summed E-state index contributed by atoms with van der Waals surface area (Å²) in [6.45, 7) is 5.69. The van der Waals surface area contributed by atoms with Crippen LogP contribution in [0.4, 0.5) is 22.1 Å². The van der Waals surface area contributed by atoms with Crippen molar-refractivity contribution in [2.45, 2.75) is 19.5 Å². The molecule has 192 valence electrons. The Morgan fingerprint density at radius 2 is 2.03 bits per heavy atom. The van der Waals surface area contributed by atoms with Crippen LogP contribution in [0.15, 0.2) is 49.1 Å². The van der Waals surface area contributed by atoms with E-state index in [1.165, 1.54) is 10.6 Å². The van der Waals surface area contributed by atoms with Gasteiger partial charge in [0.1, 0.15) is 0 Å². The largest absolute Gasteiger partial charge is 0.465 e. The van der Waals surface area contributed by atoms with E-state index in [2.05, 4.69) is 49.7 Å². The minimum Gasteiger partial charge on any atom is -0.465 e. The Morgan fingerprint density at radius 1 is 1.14 bits per heavy atom. The third-order valence-electron chi connectivity index (χ3n) is 6.89. The van der Waals surface area contributed by atoms with Crippen molar-refractivity contribution in [1.29, 1.82) is 0 Å². The van der Waals surface area contributed by atoms with Gasteiger partial charge in [0.05, 0.1) is 43.2 Å². The molecule has 0 spiro atoms. The lowest BCUT2D eigenvalue weighted by molar-refractivity contribution is 0.122. The van der Waals surface area contributed by atoms with Crippen molar-refractivity contribution in [3.63, 3.8) is 0 Å². The lowest BCUT2D eigenvalue weighted by Gasteiger charge is -2.29. The minimum absolute atomic E-state index is 0.257. The first-order valence-electron chi connectivity index (χ1n) is 12.5. The van der Waals surface area contributed by atoms with Gasteiger partial charge in [-0.2, -0.15) is 15.2 Å². The van der Waals surface area contributed by atoms with Gasteiger partial charge in [-0.15, -0.1) is 0 Å². The van der Waals surface area contributed by atoms with Crippen LogP contribution in [-0.2, 0) is 17.8 Å². The summed E-state index contributed by atoms with van der Waals surface area (Å²) in [7, 11) is 0. The number of aromatic nitrogens is 6. The van der Waals surface area contributed by atoms with E-state index in [-0.39, 0.29) is 5.92 Å². The second-order valence-corrected chi connectivity index (χ2v) is 9.50. The number of nitrogens with one attached hydrogen (secondary N) is 1. The van der Waals surface area contributed by atoms with Crippen LogP contribution >= 0.6 is 0 Å². The van der Waals surface area contributed by atoms with Crippen LogP contribution in [0.25, 0.3) is 11.0 Å². The molecule has 12 heteroatoms. The standard InChI is InChI=1S/C25H29N9O3/c35-25(36)32-5-4-19(14-32)15-33-17-21(13-27-33)29-24-26-11-20-12-28-34(23(20)30-24)16-18-2-1-3-22(10-18)31-6-8-37-9-7-31/h1-3,10-13,17,19H,4-9,14-16H2,(H,35,36)(H,26,29,30). The monoisotopic (exact) mass is 503 g/mol. The van der Waals surface area contributed by atoms with Gasteiger partial charge in [0.25, 0.3) is 0 Å². The molecule has 2 N–H and O–H groups in total. The van der Waals surface area contributed by atoms with E-state index < -0.39 is 6.09 Å². The fraction of sp³-hybridized carbons (Fsp3) is 0.400. The van der Waals surface area contributed by atoms with E-state index >= 15 is 0 Å². The molecule has 1 amide bonds. The SMILES string of the molecule is O=C(O)N1CCC(Cn2cc(Nc3ncc4cnn(Cc5cccc(N6CCOCC6)c5)c4n3)cn2)C1. The normalized spacial score (nSPS) is 18.0. The summed E-state index contributed by atoms with van der Waals surface area (Å²) in [6, 6.07) is 8.52. The van der Waals surface area contributed by atoms with Gasteiger partial charge in [0.15, 0.2) is 5.65 Å². The van der Waals surface area contributed by atoms with Crippen molar-refractivity contribution in [2.24, 2.45) is 5.92 Å². The first-order valence-corrected chi connectivity index (χ1v) is 12.5. The summed E-state index contributed by atoms with van der Waals surface area (Å²) in [6.07, 6.45) is 7.15. The highest BCUT2D eigenvalue weighted by atomic mass is 16.5. The number of benzene rings is 1. The van der Waals surface area contributed by atoms with Gasteiger partial charge in [0.2, 0.25) is 5.95 Å². The lowest BCUT2D eigenvalue weighted by atomic mass is 10.1. The fourth-order valence-electron chi connectivity index (χ4n) is 4.97. The molecule has 2 aliphatic heterocycles. The Balaban J connectivity index is 1.14. The fourth-order valence-corrected chi connectivity index (χ4v) is 4.97. The van der Waals surface area contributed by atoms with Gasteiger partial charge in [-0.25, -0.2) is 14.5 Å². The maximum Gasteiger partial charge on any atom is 0.407 e. The molecule has 2 aliphatic rings. The van der Waals surface area contributed by atoms with Gasteiger partial charge in [-0.1, -0.05) is 12.1 Å². The number of anilines is 3. The summed E-state index contributed by atoms with van der Waals surface area (Å²) in [5, 5.41) is 22.2. The van der Waals surface area contributed by atoms with Crippen LogP contribution in [-0.4, -0.2) is 85.0 Å². The van der Waals surface area contributed by atoms with Crippen molar-refractivity contribution in [1.82, 2.24) is 34.4 Å². The van der Waals surface area contributed by atoms with Crippen LogP contribution in [0.2, 0.25) is 0 Å². The highest BCUT2D eigenvalue weighted by Crippen LogP contribution is 2.22. The molecule has 1 atom stereocenters. The topological polar surface area (TPSA) is 126 Å². The zero-order valence-electron chi connectivity index (χ0n) is 20.4. The first-order chi connectivity index (χ1) is 18.1. The molecule has 37 heavy (non-hydrogen) atoms. The Bertz CT molecular complexity index is 1400. The molecule has 3 aromatic heterocycles. The van der Waals surface area contributed by atoms with Gasteiger partial charge in [-0.3, -0.25) is 4.68 Å². The molecule has 2 saturated heterocycles. The number of likely N-dealkylation sites (tertiary alicyclic amines) is 1. The van der Waals surface area contributed by atoms with Crippen molar-refractivity contribution in [3.8, 4) is 0 Å². The third kappa shape index (κ3) is 5.19. The maximum atomic E-state index is 11.2. The Hall–Kier alpha value is -4.19. The number of carbonyl (C=O) groups is 1. The van der Waals surface area contributed by atoms with Crippen molar-refractivity contribution >= 4 is 34.4 Å². The quantitative estimate of drug-likeness (QED) is 0.391. The number of morpholine rings is 1. The maximum absolute atomic E-state index is 11.2. The molecule has 1 unspecified atom stereocenters. The smallest absolute Gasteiger partial charge is 0.407 e. The van der Waals surface area contributed by atoms with Crippen LogP contribution in [0.3, 0.4) is 0 Å². The molecule has 0 aliphatic carbocycles. The molecular weight excluding hydrogens is 474 g/mol. The molecule has 0 radical (unpaired) electrons. The van der Waals surface area contributed by atoms with E-state index in [1.807, 2.05) is 15.6 Å². The zero-order chi connectivity index (χ0) is 25.2. The van der Waals surface area contributed by atoms with E-state index in [0.29, 0.717) is 32.1 Å². The van der Waals surface area contributed by atoms with Gasteiger partial charge >= 0.3 is 6.09 Å². The number of hydrogen-bond donors (Lipinski definition) is 2. The molecule has 4 aromatic rings. The third-order valence-corrected chi connectivity index (χ3v) is 6.89. The summed E-state index contributed by atoms with van der Waals surface area (Å²) in [4.78, 5) is 24.1. The molecular formula is C25H29N9O3. The second kappa shape index (κ2) is 10.1. The first kappa shape index (κ1) is 23.2. The van der Waals surface area contributed by atoms with Gasteiger partial charge in [0, 0.05) is 50.8 Å². The molecule has 1 aromatic carbocycles. The van der Waals surface area contributed by atoms with Gasteiger partial charge in [-0.05, 0) is 30.0 Å². The van der Waals surface area contributed by atoms with E-state index in [4.69, 9.17) is 14.8 Å². The molecule has 6 rings (SSSR count). The van der Waals surface area contributed by atoms with Crippen LogP contribution in [0.5, 0.6) is 0 Å². The molecule has 12 nitrogen and oxygen atoms in total. The number of amides is 1. The predicted octanol–water partition coefficient (Wildman–Crippen LogP) is 2.65. The lowest BCUT2D eigenvalue weighted by Crippen LogP contribution is -2.36. The number of rotatable bonds is 7. The van der Waals surface area contributed by atoms with Crippen molar-refractivity contribution < 1.29 is 14.6 Å². The summed E-state index contributed by atoms with van der Waals surface area (Å²) in [5.74, 6) is 0.723. The average Bonchev–Trinajstić information content (AvgIpc) is 3.66. The van der Waals surface area contributed by atoms with E-state index in [9.17, 15) is 4.79 Å². The summed E-state index contributed by atoms with van der Waals surface area (Å²) < 4.78 is 9.20. The Morgan fingerprint density at radius 3 is 2.86 bits per heavy atom. The van der Waals surface area contributed by atoms with E-state index in [1.54, 1.807) is 18.6 Å². The minimum atomic E-state index is -0.859. The summed E-state index contributed by atoms with van der Waals surface area (Å²) in [5.41, 5.74) is 3.87. The van der Waals surface area contributed by atoms with Crippen molar-refractivity contribution in [2.75, 3.05) is 49.6 Å². The number of fused-ring (bicyclic) bond motifs is 1. The Kier molecular flexibility index (Phi) is 6.31. The van der Waals surface area contributed by atoms with Crippen LogP contribution in [0, 0.1) is 5.92 Å². The molecule has 0 saturated carbocycles. The number of carboxylic acid groups (broad SMARTS) is 1. The molecule has 0 bridgehead atoms. The average molecular weight is 504 g/mol. The highest BCUT2D eigenvalue weighted by molar-refractivity contribution is 5.75. The number of nitrogens with zero attached hydrogens (tertiary/aromatic N) is 8. The van der Waals surface area contributed by atoms with Crippen molar-refractivity contribution in [3.05, 3.63) is 54.6 Å².